The molecule has 0 bridgehead atoms. The third kappa shape index (κ3) is 6.40. The van der Waals surface area contributed by atoms with Crippen molar-refractivity contribution in [3.8, 4) is 0 Å². The standard InChI is InChI=1S/C18H30N4O2S/c1-12(2)17(24)21-18-20-15(11-25-18)9-16(23)19-10-14(4)22-7-5-13(3)6-8-22/h11-14H,5-10H2,1-4H3,(H,19,23)(H,20,21,24). The van der Waals surface area contributed by atoms with Crippen LogP contribution in [-0.4, -0.2) is 47.4 Å². The first-order chi connectivity index (χ1) is 11.8. The quantitative estimate of drug-likeness (QED) is 0.778. The van der Waals surface area contributed by atoms with Gasteiger partial charge in [-0.2, -0.15) is 0 Å². The van der Waals surface area contributed by atoms with E-state index >= 15 is 0 Å². The van der Waals surface area contributed by atoms with Crippen LogP contribution in [0.1, 0.15) is 46.2 Å². The van der Waals surface area contributed by atoms with E-state index in [0.29, 0.717) is 23.4 Å². The fraction of sp³-hybridized carbons (Fsp3) is 0.722. The molecule has 2 rings (SSSR count). The summed E-state index contributed by atoms with van der Waals surface area (Å²) in [5.41, 5.74) is 0.695. The van der Waals surface area contributed by atoms with E-state index in [9.17, 15) is 9.59 Å². The Hall–Kier alpha value is -1.47. The van der Waals surface area contributed by atoms with E-state index in [1.165, 1.54) is 24.2 Å². The van der Waals surface area contributed by atoms with Crippen LogP contribution in [0.5, 0.6) is 0 Å². The number of anilines is 1. The molecule has 1 saturated heterocycles. The SMILES string of the molecule is CC1CCN(C(C)CNC(=O)Cc2csc(NC(=O)C(C)C)n2)CC1. The molecule has 25 heavy (non-hydrogen) atoms. The van der Waals surface area contributed by atoms with Crippen LogP contribution in [-0.2, 0) is 16.0 Å². The fourth-order valence-electron chi connectivity index (χ4n) is 2.78. The molecule has 2 heterocycles. The lowest BCUT2D eigenvalue weighted by molar-refractivity contribution is -0.121. The first-order valence-electron chi connectivity index (χ1n) is 9.11. The largest absolute Gasteiger partial charge is 0.354 e. The van der Waals surface area contributed by atoms with Crippen LogP contribution in [0.4, 0.5) is 5.13 Å². The van der Waals surface area contributed by atoms with Crippen molar-refractivity contribution in [2.24, 2.45) is 11.8 Å². The molecule has 6 nitrogen and oxygen atoms in total. The van der Waals surface area contributed by atoms with Gasteiger partial charge in [-0.25, -0.2) is 4.98 Å². The third-order valence-electron chi connectivity index (χ3n) is 4.68. The van der Waals surface area contributed by atoms with E-state index in [1.807, 2.05) is 19.2 Å². The number of hydrogen-bond donors (Lipinski definition) is 2. The van der Waals surface area contributed by atoms with Crippen LogP contribution in [0.2, 0.25) is 0 Å². The van der Waals surface area contributed by atoms with Gasteiger partial charge < -0.3 is 10.6 Å². The molecule has 140 valence electrons. The molecule has 1 aromatic heterocycles. The summed E-state index contributed by atoms with van der Waals surface area (Å²) in [4.78, 5) is 30.6. The Balaban J connectivity index is 1.73. The number of aromatic nitrogens is 1. The number of piperidine rings is 1. The van der Waals surface area contributed by atoms with Crippen molar-refractivity contribution in [3.05, 3.63) is 11.1 Å². The number of nitrogens with one attached hydrogen (secondary N) is 2. The van der Waals surface area contributed by atoms with Crippen molar-refractivity contribution < 1.29 is 9.59 Å². The molecule has 1 aliphatic heterocycles. The van der Waals surface area contributed by atoms with Crippen molar-refractivity contribution in [2.75, 3.05) is 25.0 Å². The summed E-state index contributed by atoms with van der Waals surface area (Å²) in [5.74, 6) is 0.641. The second-order valence-corrected chi connectivity index (χ2v) is 8.19. The zero-order valence-electron chi connectivity index (χ0n) is 15.7. The van der Waals surface area contributed by atoms with Crippen molar-refractivity contribution >= 4 is 28.3 Å². The maximum absolute atomic E-state index is 12.1. The zero-order valence-corrected chi connectivity index (χ0v) is 16.5. The molecule has 1 unspecified atom stereocenters. The van der Waals surface area contributed by atoms with Gasteiger partial charge in [0.1, 0.15) is 0 Å². The van der Waals surface area contributed by atoms with Gasteiger partial charge in [-0.15, -0.1) is 11.3 Å². The highest BCUT2D eigenvalue weighted by atomic mass is 32.1. The van der Waals surface area contributed by atoms with Crippen molar-refractivity contribution in [2.45, 2.75) is 53.0 Å². The highest BCUT2D eigenvalue weighted by molar-refractivity contribution is 7.13. The van der Waals surface area contributed by atoms with E-state index in [4.69, 9.17) is 0 Å². The zero-order chi connectivity index (χ0) is 18.4. The second-order valence-electron chi connectivity index (χ2n) is 7.34. The lowest BCUT2D eigenvalue weighted by atomic mass is 9.98. The van der Waals surface area contributed by atoms with Crippen molar-refractivity contribution in [1.29, 1.82) is 0 Å². The summed E-state index contributed by atoms with van der Waals surface area (Å²) in [6.45, 7) is 11.0. The average molecular weight is 367 g/mol. The van der Waals surface area contributed by atoms with Gasteiger partial charge >= 0.3 is 0 Å². The Kier molecular flexibility index (Phi) is 7.38. The predicted octanol–water partition coefficient (Wildman–Crippen LogP) is 2.52. The summed E-state index contributed by atoms with van der Waals surface area (Å²) in [6.07, 6.45) is 2.72. The van der Waals surface area contributed by atoms with Crippen LogP contribution >= 0.6 is 11.3 Å². The van der Waals surface area contributed by atoms with Gasteiger partial charge in [0.2, 0.25) is 11.8 Å². The lowest BCUT2D eigenvalue weighted by Gasteiger charge is -2.35. The molecule has 0 radical (unpaired) electrons. The van der Waals surface area contributed by atoms with Gasteiger partial charge in [-0.3, -0.25) is 14.5 Å². The van der Waals surface area contributed by atoms with Gasteiger partial charge in [0.25, 0.3) is 0 Å². The summed E-state index contributed by atoms with van der Waals surface area (Å²) < 4.78 is 0. The molecule has 1 aromatic rings. The molecule has 0 aromatic carbocycles. The highest BCUT2D eigenvalue weighted by Gasteiger charge is 2.20. The Morgan fingerprint density at radius 3 is 2.64 bits per heavy atom. The van der Waals surface area contributed by atoms with Gasteiger partial charge in [0.05, 0.1) is 12.1 Å². The van der Waals surface area contributed by atoms with E-state index in [1.54, 1.807) is 0 Å². The van der Waals surface area contributed by atoms with Gasteiger partial charge in [0, 0.05) is 23.9 Å². The Labute approximate surface area is 154 Å². The van der Waals surface area contributed by atoms with Crippen LogP contribution in [0.3, 0.4) is 0 Å². The number of carbonyl (C=O) groups is 2. The van der Waals surface area contributed by atoms with E-state index in [0.717, 1.165) is 19.0 Å². The predicted molar refractivity (Wildman–Crippen MR) is 102 cm³/mol. The van der Waals surface area contributed by atoms with Gasteiger partial charge in [-0.05, 0) is 38.8 Å². The number of carbonyl (C=O) groups excluding carboxylic acids is 2. The summed E-state index contributed by atoms with van der Waals surface area (Å²) >= 11 is 1.35. The smallest absolute Gasteiger partial charge is 0.228 e. The molecule has 2 amide bonds. The Morgan fingerprint density at radius 2 is 2.00 bits per heavy atom. The molecule has 7 heteroatoms. The number of likely N-dealkylation sites (tertiary alicyclic amines) is 1. The minimum absolute atomic E-state index is 0.0238. The maximum Gasteiger partial charge on any atom is 0.228 e. The maximum atomic E-state index is 12.1. The fourth-order valence-corrected chi connectivity index (χ4v) is 3.50. The van der Waals surface area contributed by atoms with Crippen LogP contribution in [0, 0.1) is 11.8 Å². The first kappa shape index (κ1) is 19.8. The van der Waals surface area contributed by atoms with Crippen LogP contribution in [0.15, 0.2) is 5.38 Å². The van der Waals surface area contributed by atoms with Crippen LogP contribution < -0.4 is 10.6 Å². The topological polar surface area (TPSA) is 74.3 Å². The number of rotatable bonds is 7. The molecular weight excluding hydrogens is 336 g/mol. The summed E-state index contributed by atoms with van der Waals surface area (Å²) in [6, 6.07) is 0.354. The van der Waals surface area contributed by atoms with E-state index < -0.39 is 0 Å². The van der Waals surface area contributed by atoms with Gasteiger partial charge in [-0.1, -0.05) is 20.8 Å². The number of nitrogens with zero attached hydrogens (tertiary/aromatic N) is 2. The lowest BCUT2D eigenvalue weighted by Crippen LogP contribution is -2.45. The molecule has 2 N–H and O–H groups in total. The monoisotopic (exact) mass is 366 g/mol. The number of thiazole rings is 1. The minimum Gasteiger partial charge on any atom is -0.354 e. The summed E-state index contributed by atoms with van der Waals surface area (Å²) in [7, 11) is 0. The van der Waals surface area contributed by atoms with Crippen molar-refractivity contribution in [3.63, 3.8) is 0 Å². The minimum atomic E-state index is -0.0880. The molecule has 1 fully saturated rings. The number of hydrogen-bond acceptors (Lipinski definition) is 5. The second kappa shape index (κ2) is 9.29. The molecular formula is C18H30N4O2S. The van der Waals surface area contributed by atoms with Crippen molar-refractivity contribution in [1.82, 2.24) is 15.2 Å². The molecule has 1 atom stereocenters. The highest BCUT2D eigenvalue weighted by Crippen LogP contribution is 2.18. The Morgan fingerprint density at radius 1 is 1.32 bits per heavy atom. The molecule has 0 saturated carbocycles. The molecule has 0 aliphatic carbocycles. The average Bonchev–Trinajstić information content (AvgIpc) is 3.00. The molecule has 0 spiro atoms. The summed E-state index contributed by atoms with van der Waals surface area (Å²) in [5, 5.41) is 8.14. The van der Waals surface area contributed by atoms with Crippen LogP contribution in [0.25, 0.3) is 0 Å². The Bertz CT molecular complexity index is 579. The third-order valence-corrected chi connectivity index (χ3v) is 5.49. The number of amides is 2. The van der Waals surface area contributed by atoms with E-state index in [-0.39, 0.29) is 24.2 Å². The van der Waals surface area contributed by atoms with Gasteiger partial charge in [0.15, 0.2) is 5.13 Å². The van der Waals surface area contributed by atoms with E-state index in [2.05, 4.69) is 34.4 Å². The molecule has 1 aliphatic rings. The first-order valence-corrected chi connectivity index (χ1v) is 9.99. The normalized spacial score (nSPS) is 17.5.